The summed E-state index contributed by atoms with van der Waals surface area (Å²) in [5.74, 6) is -2.15. The average Bonchev–Trinajstić information content (AvgIpc) is 2.83. The van der Waals surface area contributed by atoms with Gasteiger partial charge in [0.25, 0.3) is 0 Å². The van der Waals surface area contributed by atoms with Crippen molar-refractivity contribution in [2.24, 2.45) is 0 Å². The maximum atomic E-state index is 13.6. The number of aromatic hydroxyl groups is 2. The fourth-order valence-corrected chi connectivity index (χ4v) is 5.98. The zero-order chi connectivity index (χ0) is 25.0. The second kappa shape index (κ2) is 6.67. The number of aliphatic hydroxyl groups is 4. The first kappa shape index (κ1) is 21.8. The molecule has 5 atom stereocenters. The van der Waals surface area contributed by atoms with Gasteiger partial charge in [-0.2, -0.15) is 0 Å². The first-order chi connectivity index (χ1) is 16.5. The number of anilines is 1. The Kier molecular flexibility index (Phi) is 4.15. The van der Waals surface area contributed by atoms with E-state index in [1.165, 1.54) is 37.3 Å². The predicted octanol–water partition coefficient (Wildman–Crippen LogP) is 1.39. The van der Waals surface area contributed by atoms with E-state index in [0.29, 0.717) is 0 Å². The van der Waals surface area contributed by atoms with Gasteiger partial charge in [-0.1, -0.05) is 36.4 Å². The molecule has 0 saturated carbocycles. The Morgan fingerprint density at radius 3 is 2.17 bits per heavy atom. The summed E-state index contributed by atoms with van der Waals surface area (Å²) in [7, 11) is 0. The lowest BCUT2D eigenvalue weighted by molar-refractivity contribution is -0.263. The lowest BCUT2D eigenvalue weighted by Crippen LogP contribution is -2.70. The molecule has 6 rings (SSSR count). The van der Waals surface area contributed by atoms with Crippen molar-refractivity contribution in [3.05, 3.63) is 87.5 Å². The van der Waals surface area contributed by atoms with Gasteiger partial charge < -0.3 is 36.0 Å². The first-order valence-electron chi connectivity index (χ1n) is 11.0. The van der Waals surface area contributed by atoms with Crippen molar-refractivity contribution in [3.8, 4) is 11.5 Å². The van der Waals surface area contributed by atoms with E-state index >= 15 is 0 Å². The smallest absolute Gasteiger partial charge is 0.198 e. The predicted molar refractivity (Wildman–Crippen MR) is 121 cm³/mol. The molecule has 9 nitrogen and oxygen atoms in total. The molecule has 178 valence electrons. The number of phenols is 2. The van der Waals surface area contributed by atoms with E-state index in [1.807, 2.05) is 0 Å². The van der Waals surface area contributed by atoms with Crippen LogP contribution in [0.15, 0.2) is 48.5 Å². The molecular weight excluding hydrogens is 454 g/mol. The normalized spacial score (nSPS) is 28.8. The number of carbonyl (C=O) groups excluding carboxylic acids is 2. The van der Waals surface area contributed by atoms with Gasteiger partial charge in [0.05, 0.1) is 29.0 Å². The van der Waals surface area contributed by atoms with Gasteiger partial charge in [0, 0.05) is 22.3 Å². The highest BCUT2D eigenvalue weighted by molar-refractivity contribution is 6.31. The number of ketones is 2. The molecule has 0 unspecified atom stereocenters. The Balaban J connectivity index is 1.73. The van der Waals surface area contributed by atoms with E-state index in [1.54, 1.807) is 12.1 Å². The summed E-state index contributed by atoms with van der Waals surface area (Å²) in [6.45, 7) is 1.21. The molecule has 1 heterocycles. The van der Waals surface area contributed by atoms with Crippen LogP contribution >= 0.6 is 0 Å². The number of nitrogens with one attached hydrogen (secondary N) is 1. The Bertz CT molecular complexity index is 1480. The summed E-state index contributed by atoms with van der Waals surface area (Å²) in [6, 6.07) is 9.97. The third kappa shape index (κ3) is 2.31. The summed E-state index contributed by atoms with van der Waals surface area (Å²) >= 11 is 0. The van der Waals surface area contributed by atoms with Crippen LogP contribution in [0.1, 0.15) is 67.6 Å². The third-order valence-electron chi connectivity index (χ3n) is 7.66. The molecular formula is C26H21NO8. The maximum Gasteiger partial charge on any atom is 0.198 e. The Hall–Kier alpha value is -3.76. The maximum absolute atomic E-state index is 13.6. The standard InChI is InChI=1S/C26H21NO8/c1-10(28)25(34)23-17-13(7-4-8-15(17)29)24(33)26(25,35)14-9-16(30)18-19(20(14)27-23)22(32)12-6-3-2-5-11(12)21(18)31/h2-10,23-24,27-30,33-35H,1H3/t10-,23+,24-,25-,26+/m1/s1. The van der Waals surface area contributed by atoms with Gasteiger partial charge in [-0.3, -0.25) is 9.59 Å². The molecule has 0 fully saturated rings. The highest BCUT2D eigenvalue weighted by Crippen LogP contribution is 2.63. The van der Waals surface area contributed by atoms with Gasteiger partial charge >= 0.3 is 0 Å². The first-order valence-corrected chi connectivity index (χ1v) is 11.0. The van der Waals surface area contributed by atoms with Crippen LogP contribution in [-0.4, -0.2) is 53.9 Å². The molecule has 9 heteroatoms. The van der Waals surface area contributed by atoms with Crippen LogP contribution in [0.3, 0.4) is 0 Å². The van der Waals surface area contributed by atoms with Gasteiger partial charge in [-0.15, -0.1) is 0 Å². The zero-order valence-electron chi connectivity index (χ0n) is 18.4. The van der Waals surface area contributed by atoms with Crippen molar-refractivity contribution >= 4 is 17.3 Å². The van der Waals surface area contributed by atoms with E-state index in [2.05, 4.69) is 5.32 Å². The zero-order valence-corrected chi connectivity index (χ0v) is 18.4. The minimum Gasteiger partial charge on any atom is -0.508 e. The average molecular weight is 475 g/mol. The third-order valence-corrected chi connectivity index (χ3v) is 7.66. The van der Waals surface area contributed by atoms with Crippen molar-refractivity contribution in [1.82, 2.24) is 0 Å². The Morgan fingerprint density at radius 1 is 0.914 bits per heavy atom. The van der Waals surface area contributed by atoms with Crippen LogP contribution in [0.2, 0.25) is 0 Å². The molecule has 2 aliphatic carbocycles. The van der Waals surface area contributed by atoms with Crippen LogP contribution in [0.25, 0.3) is 0 Å². The van der Waals surface area contributed by atoms with Crippen LogP contribution in [0, 0.1) is 0 Å². The summed E-state index contributed by atoms with van der Waals surface area (Å²) in [5, 5.41) is 70.4. The lowest BCUT2D eigenvalue weighted by Gasteiger charge is -2.59. The summed E-state index contributed by atoms with van der Waals surface area (Å²) in [4.78, 5) is 26.8. The number of benzene rings is 3. The van der Waals surface area contributed by atoms with Gasteiger partial charge in [0.1, 0.15) is 17.6 Å². The monoisotopic (exact) mass is 475 g/mol. The van der Waals surface area contributed by atoms with Crippen LogP contribution < -0.4 is 5.32 Å². The molecule has 0 amide bonds. The van der Waals surface area contributed by atoms with Crippen LogP contribution in [-0.2, 0) is 5.60 Å². The molecule has 3 aromatic rings. The summed E-state index contributed by atoms with van der Waals surface area (Å²) < 4.78 is 0. The van der Waals surface area contributed by atoms with E-state index in [9.17, 15) is 40.2 Å². The molecule has 3 aromatic carbocycles. The van der Waals surface area contributed by atoms with Crippen molar-refractivity contribution < 1.29 is 40.2 Å². The quantitative estimate of drug-likeness (QED) is 0.201. The molecule has 1 aliphatic heterocycles. The lowest BCUT2D eigenvalue weighted by atomic mass is 9.57. The second-order valence-corrected chi connectivity index (χ2v) is 9.30. The molecule has 7 N–H and O–H groups in total. The fraction of sp³-hybridized carbons (Fsp3) is 0.231. The van der Waals surface area contributed by atoms with Gasteiger partial charge in [-0.25, -0.2) is 0 Å². The molecule has 2 bridgehead atoms. The van der Waals surface area contributed by atoms with Crippen molar-refractivity contribution in [3.63, 3.8) is 0 Å². The number of aliphatic hydroxyl groups excluding tert-OH is 2. The largest absolute Gasteiger partial charge is 0.508 e. The SMILES string of the molecule is C[C@@H](O)[C@@]1(O)[C@H]2Nc3c(cc(O)c4c3C(=O)c3ccccc3C4=O)[C@]1(O)[C@H](O)c1cccc(O)c12. The number of fused-ring (bicyclic) bond motifs is 9. The highest BCUT2D eigenvalue weighted by Gasteiger charge is 2.69. The number of rotatable bonds is 1. The van der Waals surface area contributed by atoms with Crippen LogP contribution in [0.4, 0.5) is 5.69 Å². The summed E-state index contributed by atoms with van der Waals surface area (Å²) in [6.07, 6.45) is -3.53. The number of hydrogen-bond donors (Lipinski definition) is 7. The second-order valence-electron chi connectivity index (χ2n) is 9.30. The number of hydrogen-bond acceptors (Lipinski definition) is 9. The van der Waals surface area contributed by atoms with E-state index in [0.717, 1.165) is 6.07 Å². The van der Waals surface area contributed by atoms with Crippen molar-refractivity contribution in [2.45, 2.75) is 36.4 Å². The number of phenolic OH excluding ortho intramolecular Hbond substituents is 2. The molecule has 0 spiro atoms. The molecule has 0 saturated heterocycles. The van der Waals surface area contributed by atoms with E-state index in [4.69, 9.17) is 0 Å². The van der Waals surface area contributed by atoms with Gasteiger partial charge in [0.15, 0.2) is 22.8 Å². The summed E-state index contributed by atoms with van der Waals surface area (Å²) in [5.41, 5.74) is -5.70. The molecule has 0 radical (unpaired) electrons. The molecule has 35 heavy (non-hydrogen) atoms. The topological polar surface area (TPSA) is 168 Å². The minimum atomic E-state index is -2.64. The number of carbonyl (C=O) groups is 2. The molecule has 0 aromatic heterocycles. The Labute approximate surface area is 198 Å². The van der Waals surface area contributed by atoms with Crippen molar-refractivity contribution in [1.29, 1.82) is 0 Å². The van der Waals surface area contributed by atoms with E-state index < -0.39 is 46.8 Å². The minimum absolute atomic E-state index is 0.0236. The highest BCUT2D eigenvalue weighted by atomic mass is 16.4. The molecule has 3 aliphatic rings. The van der Waals surface area contributed by atoms with Gasteiger partial charge in [0.2, 0.25) is 0 Å². The van der Waals surface area contributed by atoms with Crippen LogP contribution in [0.5, 0.6) is 11.5 Å². The van der Waals surface area contributed by atoms with Gasteiger partial charge in [-0.05, 0) is 24.6 Å². The Morgan fingerprint density at radius 2 is 1.54 bits per heavy atom. The van der Waals surface area contributed by atoms with E-state index in [-0.39, 0.29) is 50.4 Å². The fourth-order valence-electron chi connectivity index (χ4n) is 5.98. The van der Waals surface area contributed by atoms with Crippen molar-refractivity contribution in [2.75, 3.05) is 5.32 Å².